The Labute approximate surface area is 117 Å². The molecule has 0 aliphatic heterocycles. The molecule has 8 heteroatoms. The van der Waals surface area contributed by atoms with E-state index < -0.39 is 11.9 Å². The topological polar surface area (TPSA) is 77.0 Å². The second-order valence-corrected chi connectivity index (χ2v) is 4.48. The summed E-state index contributed by atoms with van der Waals surface area (Å²) in [5, 5.41) is 22.0. The van der Waals surface area contributed by atoms with Crippen LogP contribution in [-0.4, -0.2) is 25.3 Å². The average Bonchev–Trinajstić information content (AvgIpc) is 3.05. The molecule has 0 saturated heterocycles. The molecule has 1 unspecified atom stereocenters. The van der Waals surface area contributed by atoms with Crippen molar-refractivity contribution in [2.75, 3.05) is 0 Å². The first-order chi connectivity index (χ1) is 9.67. The molecule has 0 aliphatic carbocycles. The molecule has 1 N–H and O–H groups in total. The maximum Gasteiger partial charge on any atom is 0.189 e. The molecular formula is C12H10ClFN4O2. The van der Waals surface area contributed by atoms with Gasteiger partial charge in [0.15, 0.2) is 17.2 Å². The molecule has 6 nitrogen and oxygen atoms in total. The van der Waals surface area contributed by atoms with Gasteiger partial charge in [0.25, 0.3) is 0 Å². The lowest BCUT2D eigenvalue weighted by Gasteiger charge is -2.05. The number of fused-ring (bicyclic) bond motifs is 1. The fourth-order valence-corrected chi connectivity index (χ4v) is 1.97. The number of alkyl halides is 1. The van der Waals surface area contributed by atoms with Crippen LogP contribution in [0.4, 0.5) is 4.39 Å². The smallest absolute Gasteiger partial charge is 0.189 e. The standard InChI is InChI=1S/C12H10ClFN4O2/c13-5-11-15-17-18(16-11)6-9(19)10-4-7-2-1-3-8(14)12(7)20-10/h1-4,9,19H,5-6H2. The van der Waals surface area contributed by atoms with E-state index in [4.69, 9.17) is 16.0 Å². The van der Waals surface area contributed by atoms with Crippen molar-refractivity contribution >= 4 is 22.6 Å². The van der Waals surface area contributed by atoms with Crippen molar-refractivity contribution in [2.24, 2.45) is 0 Å². The van der Waals surface area contributed by atoms with Gasteiger partial charge in [-0.2, -0.15) is 4.80 Å². The van der Waals surface area contributed by atoms with Gasteiger partial charge in [0.1, 0.15) is 11.9 Å². The van der Waals surface area contributed by atoms with Crippen LogP contribution in [0.2, 0.25) is 0 Å². The van der Waals surface area contributed by atoms with Crippen molar-refractivity contribution in [2.45, 2.75) is 18.5 Å². The van der Waals surface area contributed by atoms with E-state index in [0.29, 0.717) is 11.2 Å². The number of nitrogens with zero attached hydrogens (tertiary/aromatic N) is 4. The number of furan rings is 1. The van der Waals surface area contributed by atoms with E-state index in [1.165, 1.54) is 10.9 Å². The molecule has 2 heterocycles. The number of rotatable bonds is 4. The summed E-state index contributed by atoms with van der Waals surface area (Å²) in [6.45, 7) is 0.0470. The third kappa shape index (κ3) is 2.37. The van der Waals surface area contributed by atoms with E-state index in [2.05, 4.69) is 15.4 Å². The van der Waals surface area contributed by atoms with Gasteiger partial charge in [0.2, 0.25) is 0 Å². The highest BCUT2D eigenvalue weighted by atomic mass is 35.5. The number of para-hydroxylation sites is 1. The number of aliphatic hydroxyl groups is 1. The van der Waals surface area contributed by atoms with Gasteiger partial charge in [-0.3, -0.25) is 0 Å². The molecule has 0 fully saturated rings. The lowest BCUT2D eigenvalue weighted by Crippen LogP contribution is -2.11. The lowest BCUT2D eigenvalue weighted by atomic mass is 10.2. The quantitative estimate of drug-likeness (QED) is 0.745. The third-order valence-corrected chi connectivity index (χ3v) is 3.03. The fraction of sp³-hybridized carbons (Fsp3) is 0.250. The largest absolute Gasteiger partial charge is 0.455 e. The summed E-state index contributed by atoms with van der Waals surface area (Å²) in [7, 11) is 0. The van der Waals surface area contributed by atoms with E-state index >= 15 is 0 Å². The van der Waals surface area contributed by atoms with Crippen LogP contribution in [0.25, 0.3) is 11.0 Å². The van der Waals surface area contributed by atoms with E-state index in [1.807, 2.05) is 0 Å². The van der Waals surface area contributed by atoms with E-state index in [9.17, 15) is 9.50 Å². The highest BCUT2D eigenvalue weighted by Gasteiger charge is 2.17. The summed E-state index contributed by atoms with van der Waals surface area (Å²) >= 11 is 5.56. The molecule has 2 aromatic heterocycles. The summed E-state index contributed by atoms with van der Waals surface area (Å²) in [4.78, 5) is 1.21. The number of tetrazole rings is 1. The normalized spacial score (nSPS) is 12.9. The molecule has 1 aromatic carbocycles. The van der Waals surface area contributed by atoms with Crippen LogP contribution < -0.4 is 0 Å². The molecule has 0 amide bonds. The first-order valence-electron chi connectivity index (χ1n) is 5.86. The molecule has 0 saturated carbocycles. The number of benzene rings is 1. The van der Waals surface area contributed by atoms with Crippen LogP contribution in [-0.2, 0) is 12.4 Å². The van der Waals surface area contributed by atoms with Crippen molar-refractivity contribution in [1.29, 1.82) is 0 Å². The van der Waals surface area contributed by atoms with E-state index in [-0.39, 0.29) is 23.8 Å². The summed E-state index contributed by atoms with van der Waals surface area (Å²) in [6.07, 6.45) is -1.00. The Balaban J connectivity index is 1.84. The Morgan fingerprint density at radius 2 is 2.30 bits per heavy atom. The summed E-state index contributed by atoms with van der Waals surface area (Å²) < 4.78 is 18.8. The van der Waals surface area contributed by atoms with Gasteiger partial charge in [-0.15, -0.1) is 21.8 Å². The van der Waals surface area contributed by atoms with Gasteiger partial charge < -0.3 is 9.52 Å². The van der Waals surface area contributed by atoms with E-state index in [1.54, 1.807) is 18.2 Å². The predicted octanol–water partition coefficient (Wildman–Crippen LogP) is 2.03. The minimum Gasteiger partial charge on any atom is -0.455 e. The zero-order chi connectivity index (χ0) is 14.1. The Bertz CT molecular complexity index is 742. The van der Waals surface area contributed by atoms with Crippen molar-refractivity contribution in [3.63, 3.8) is 0 Å². The van der Waals surface area contributed by atoms with Crippen molar-refractivity contribution in [3.05, 3.63) is 41.7 Å². The van der Waals surface area contributed by atoms with Gasteiger partial charge in [-0.05, 0) is 17.3 Å². The minimum atomic E-state index is -1.00. The molecule has 3 aromatic rings. The number of halogens is 2. The van der Waals surface area contributed by atoms with Crippen molar-refractivity contribution in [1.82, 2.24) is 20.2 Å². The molecule has 0 bridgehead atoms. The SMILES string of the molecule is OC(Cn1nnc(CCl)n1)c1cc2cccc(F)c2o1. The first-order valence-corrected chi connectivity index (χ1v) is 6.39. The van der Waals surface area contributed by atoms with Crippen molar-refractivity contribution < 1.29 is 13.9 Å². The highest BCUT2D eigenvalue weighted by Crippen LogP contribution is 2.26. The van der Waals surface area contributed by atoms with Crippen LogP contribution >= 0.6 is 11.6 Å². The fourth-order valence-electron chi connectivity index (χ4n) is 1.86. The second kappa shape index (κ2) is 5.18. The number of hydrogen-bond acceptors (Lipinski definition) is 5. The summed E-state index contributed by atoms with van der Waals surface area (Å²) in [6, 6.07) is 6.17. The van der Waals surface area contributed by atoms with Crippen LogP contribution in [0.3, 0.4) is 0 Å². The minimum absolute atomic E-state index is 0.0470. The van der Waals surface area contributed by atoms with Gasteiger partial charge >= 0.3 is 0 Å². The van der Waals surface area contributed by atoms with Crippen LogP contribution in [0.5, 0.6) is 0 Å². The molecule has 0 aliphatic rings. The number of aromatic nitrogens is 4. The maximum absolute atomic E-state index is 13.5. The molecule has 1 atom stereocenters. The Morgan fingerprint density at radius 3 is 3.00 bits per heavy atom. The first kappa shape index (κ1) is 13.0. The zero-order valence-corrected chi connectivity index (χ0v) is 11.0. The lowest BCUT2D eigenvalue weighted by molar-refractivity contribution is 0.121. The van der Waals surface area contributed by atoms with Crippen LogP contribution in [0, 0.1) is 5.82 Å². The van der Waals surface area contributed by atoms with Gasteiger partial charge in [0.05, 0.1) is 12.4 Å². The molecule has 0 radical (unpaired) electrons. The molecule has 3 rings (SSSR count). The summed E-state index contributed by atoms with van der Waals surface area (Å²) in [5.74, 6) is 0.292. The number of hydrogen-bond donors (Lipinski definition) is 1. The Kier molecular flexibility index (Phi) is 3.37. The molecule has 20 heavy (non-hydrogen) atoms. The molecular weight excluding hydrogens is 287 g/mol. The van der Waals surface area contributed by atoms with Crippen LogP contribution in [0.1, 0.15) is 17.7 Å². The maximum atomic E-state index is 13.5. The van der Waals surface area contributed by atoms with Gasteiger partial charge in [0, 0.05) is 5.39 Å². The van der Waals surface area contributed by atoms with E-state index in [0.717, 1.165) is 0 Å². The Morgan fingerprint density at radius 1 is 1.45 bits per heavy atom. The zero-order valence-electron chi connectivity index (χ0n) is 10.2. The molecule has 104 valence electrons. The Hall–Kier alpha value is -1.99. The third-order valence-electron chi connectivity index (χ3n) is 2.79. The monoisotopic (exact) mass is 296 g/mol. The average molecular weight is 297 g/mol. The predicted molar refractivity (Wildman–Crippen MR) is 68.5 cm³/mol. The second-order valence-electron chi connectivity index (χ2n) is 4.22. The summed E-state index contributed by atoms with van der Waals surface area (Å²) in [5.41, 5.74) is 0.120. The van der Waals surface area contributed by atoms with Crippen LogP contribution in [0.15, 0.2) is 28.7 Å². The number of aliphatic hydroxyl groups excluding tert-OH is 1. The molecule has 0 spiro atoms. The van der Waals surface area contributed by atoms with Gasteiger partial charge in [-0.25, -0.2) is 4.39 Å². The van der Waals surface area contributed by atoms with Crippen molar-refractivity contribution in [3.8, 4) is 0 Å². The van der Waals surface area contributed by atoms with Gasteiger partial charge in [-0.1, -0.05) is 12.1 Å². The highest BCUT2D eigenvalue weighted by molar-refractivity contribution is 6.16.